The third kappa shape index (κ3) is 5.51. The van der Waals surface area contributed by atoms with Gasteiger partial charge >= 0.3 is 11.7 Å². The lowest BCUT2D eigenvalue weighted by Gasteiger charge is -2.11. The normalized spacial score (nSPS) is 12.1. The second-order valence-corrected chi connectivity index (χ2v) is 14.1. The number of hydrogen-bond donors (Lipinski definition) is 0. The van der Waals surface area contributed by atoms with Crippen molar-refractivity contribution in [3.05, 3.63) is 201 Å². The highest BCUT2D eigenvalue weighted by Gasteiger charge is 2.41. The van der Waals surface area contributed by atoms with Crippen molar-refractivity contribution in [2.24, 2.45) is 0 Å². The summed E-state index contributed by atoms with van der Waals surface area (Å²) in [5.41, 5.74) is 11.5. The molecular formula is C51H33N5O+2. The fraction of sp³-hybridized carbons (Fsp3) is 0. The maximum absolute atomic E-state index is 6.65. The molecule has 0 amide bonds. The van der Waals surface area contributed by atoms with Crippen LogP contribution in [0.3, 0.4) is 0 Å². The minimum absolute atomic E-state index is 0.714. The van der Waals surface area contributed by atoms with Crippen LogP contribution in [0.5, 0.6) is 11.5 Å². The number of benzene rings is 7. The molecule has 0 bridgehead atoms. The Kier molecular flexibility index (Phi) is 7.66. The van der Waals surface area contributed by atoms with Crippen molar-refractivity contribution < 1.29 is 4.74 Å². The molecule has 0 radical (unpaired) electrons. The molecule has 0 aliphatic carbocycles. The van der Waals surface area contributed by atoms with E-state index in [9.17, 15) is 0 Å². The molecule has 57 heavy (non-hydrogen) atoms. The maximum Gasteiger partial charge on any atom is 0.503 e. The van der Waals surface area contributed by atoms with Crippen molar-refractivity contribution in [2.75, 3.05) is 0 Å². The number of fused-ring (bicyclic) bond motifs is 6. The van der Waals surface area contributed by atoms with Gasteiger partial charge in [-0.25, -0.2) is 4.98 Å². The number of hydrogen-bond acceptors (Lipinski definition) is 3. The van der Waals surface area contributed by atoms with Crippen LogP contribution in [-0.2, 0) is 0 Å². The number of para-hydroxylation sites is 1. The van der Waals surface area contributed by atoms with E-state index in [0.717, 1.165) is 89.1 Å². The van der Waals surface area contributed by atoms with E-state index in [4.69, 9.17) is 9.72 Å². The minimum atomic E-state index is 0.714. The van der Waals surface area contributed by atoms with Gasteiger partial charge in [0.05, 0.1) is 33.8 Å². The van der Waals surface area contributed by atoms with E-state index in [1.807, 2.05) is 55.0 Å². The molecule has 1 aliphatic heterocycles. The van der Waals surface area contributed by atoms with E-state index >= 15 is 0 Å². The lowest BCUT2D eigenvalue weighted by molar-refractivity contribution is 0.482. The Morgan fingerprint density at radius 2 is 1.21 bits per heavy atom. The van der Waals surface area contributed by atoms with Crippen LogP contribution in [0.2, 0.25) is 0 Å². The first-order valence-electron chi connectivity index (χ1n) is 19.0. The number of nitrogens with zero attached hydrogens (tertiary/aromatic N) is 5. The van der Waals surface area contributed by atoms with Crippen LogP contribution in [0.4, 0.5) is 22.7 Å². The van der Waals surface area contributed by atoms with Crippen LogP contribution in [0.15, 0.2) is 201 Å². The van der Waals surface area contributed by atoms with E-state index in [0.29, 0.717) is 5.75 Å². The van der Waals surface area contributed by atoms with E-state index in [1.165, 1.54) is 0 Å². The van der Waals surface area contributed by atoms with Crippen LogP contribution in [-0.4, -0.2) is 20.5 Å². The Balaban J connectivity index is 1.07. The van der Waals surface area contributed by atoms with E-state index in [1.54, 1.807) is 0 Å². The minimum Gasteiger partial charge on any atom is -0.457 e. The predicted molar refractivity (Wildman–Crippen MR) is 232 cm³/mol. The molecule has 1 aliphatic rings. The first kappa shape index (κ1) is 32.5. The molecule has 4 heterocycles. The summed E-state index contributed by atoms with van der Waals surface area (Å²) in [7, 11) is 0. The summed E-state index contributed by atoms with van der Waals surface area (Å²) in [5, 5.41) is 4.42. The van der Waals surface area contributed by atoms with Crippen molar-refractivity contribution in [1.82, 2.24) is 23.7 Å². The van der Waals surface area contributed by atoms with Crippen LogP contribution >= 0.6 is 0 Å². The quantitative estimate of drug-likeness (QED) is 0.153. The summed E-state index contributed by atoms with van der Waals surface area (Å²) in [6, 6.07) is 67.1. The number of pyridine rings is 2. The Morgan fingerprint density at radius 3 is 2.02 bits per heavy atom. The van der Waals surface area contributed by atoms with Crippen LogP contribution in [0.1, 0.15) is 0 Å². The van der Waals surface area contributed by atoms with Gasteiger partial charge in [-0.2, -0.15) is 0 Å². The van der Waals surface area contributed by atoms with Gasteiger partial charge in [-0.3, -0.25) is 9.55 Å². The molecule has 266 valence electrons. The summed E-state index contributed by atoms with van der Waals surface area (Å²) < 4.78 is 13.2. The maximum atomic E-state index is 6.65. The second-order valence-electron chi connectivity index (χ2n) is 14.1. The van der Waals surface area contributed by atoms with Crippen LogP contribution in [0, 0.1) is 0 Å². The fourth-order valence-electron chi connectivity index (χ4n) is 8.17. The zero-order valence-corrected chi connectivity index (χ0v) is 30.7. The van der Waals surface area contributed by atoms with Crippen molar-refractivity contribution in [3.8, 4) is 39.4 Å². The lowest BCUT2D eigenvalue weighted by atomic mass is 9.95. The molecule has 0 fully saturated rings. The van der Waals surface area contributed by atoms with Gasteiger partial charge in [0.1, 0.15) is 17.1 Å². The summed E-state index contributed by atoms with van der Waals surface area (Å²) in [6.45, 7) is 0. The van der Waals surface area contributed by atoms with Gasteiger partial charge < -0.3 is 4.74 Å². The SMILES string of the molecule is C1=[N+](c2cccc(Oc3cccc(-n4c5ccncc5c5cccnc54)c3)c2)c2ccc3ccccc3c2[N+]=1c1c(-c2ccccc2)cccc1-c1ccccc1. The number of ether oxygens (including phenoxy) is 1. The Labute approximate surface area is 328 Å². The van der Waals surface area contributed by atoms with Gasteiger partial charge in [-0.05, 0) is 86.3 Å². The van der Waals surface area contributed by atoms with Gasteiger partial charge in [0, 0.05) is 47.6 Å². The molecule has 10 aromatic rings. The molecule has 11 rings (SSSR count). The largest absolute Gasteiger partial charge is 0.503 e. The molecule has 0 saturated heterocycles. The molecule has 6 nitrogen and oxygen atoms in total. The highest BCUT2D eigenvalue weighted by molar-refractivity contribution is 6.08. The highest BCUT2D eigenvalue weighted by Crippen LogP contribution is 2.47. The smallest absolute Gasteiger partial charge is 0.457 e. The van der Waals surface area contributed by atoms with Crippen LogP contribution in [0.25, 0.3) is 60.6 Å². The third-order valence-electron chi connectivity index (χ3n) is 10.7. The molecule has 3 aromatic heterocycles. The average molecular weight is 732 g/mol. The highest BCUT2D eigenvalue weighted by atomic mass is 16.5. The van der Waals surface area contributed by atoms with Crippen LogP contribution < -0.4 is 13.9 Å². The molecule has 6 heteroatoms. The summed E-state index contributed by atoms with van der Waals surface area (Å²) in [5.74, 6) is 1.43. The molecule has 0 N–H and O–H groups in total. The number of aromatic nitrogens is 3. The summed E-state index contributed by atoms with van der Waals surface area (Å²) in [6.07, 6.45) is 5.55. The fourth-order valence-corrected chi connectivity index (χ4v) is 8.17. The first-order valence-corrected chi connectivity index (χ1v) is 19.0. The van der Waals surface area contributed by atoms with Crippen molar-refractivity contribution in [1.29, 1.82) is 0 Å². The standard InChI is InChI=1S/C51H33N5O/c1-3-13-35(14-4-1)42-23-11-24-43(36-15-5-2-6-16-36)49(42)55-34-54(48-27-26-37-17-7-8-22-44(37)50(48)55)38-18-9-20-40(31-38)57-41-21-10-19-39(32-41)56-47-28-30-52-33-46(47)45-25-12-29-53-51(45)56/h1-33H/q+2. The average Bonchev–Trinajstić information content (AvgIpc) is 3.84. The molecule has 0 unspecified atom stereocenters. The van der Waals surface area contributed by atoms with Crippen molar-refractivity contribution in [3.63, 3.8) is 0 Å². The summed E-state index contributed by atoms with van der Waals surface area (Å²) >= 11 is 0. The van der Waals surface area contributed by atoms with Gasteiger partial charge in [0.25, 0.3) is 5.69 Å². The second kappa shape index (κ2) is 13.4. The number of rotatable bonds is 7. The zero-order chi connectivity index (χ0) is 37.7. The zero-order valence-electron chi connectivity index (χ0n) is 30.7. The molecule has 0 saturated carbocycles. The Bertz CT molecular complexity index is 3140. The molecular weight excluding hydrogens is 699 g/mol. The predicted octanol–water partition coefficient (Wildman–Crippen LogP) is 12.7. The van der Waals surface area contributed by atoms with Gasteiger partial charge in [0.2, 0.25) is 11.4 Å². The van der Waals surface area contributed by atoms with Gasteiger partial charge in [0.15, 0.2) is 0 Å². The monoisotopic (exact) mass is 731 g/mol. The Hall–Kier alpha value is -7.92. The van der Waals surface area contributed by atoms with E-state index in [2.05, 4.69) is 170 Å². The first-order chi connectivity index (χ1) is 28.3. The van der Waals surface area contributed by atoms with E-state index in [-0.39, 0.29) is 0 Å². The summed E-state index contributed by atoms with van der Waals surface area (Å²) in [4.78, 5) is 9.15. The van der Waals surface area contributed by atoms with Crippen molar-refractivity contribution in [2.45, 2.75) is 0 Å². The third-order valence-corrected chi connectivity index (χ3v) is 10.7. The lowest BCUT2D eigenvalue weighted by Crippen LogP contribution is -2.05. The molecule has 0 spiro atoms. The Morgan fingerprint density at radius 1 is 0.509 bits per heavy atom. The van der Waals surface area contributed by atoms with Gasteiger partial charge in [-0.1, -0.05) is 97.1 Å². The molecule has 7 aromatic carbocycles. The topological polar surface area (TPSA) is 46.0 Å². The molecule has 0 atom stereocenters. The van der Waals surface area contributed by atoms with Gasteiger partial charge in [-0.15, -0.1) is 0 Å². The van der Waals surface area contributed by atoms with Crippen molar-refractivity contribution >= 4 is 61.5 Å². The van der Waals surface area contributed by atoms with E-state index < -0.39 is 0 Å².